The summed E-state index contributed by atoms with van der Waals surface area (Å²) in [5.74, 6) is 0.438. The Bertz CT molecular complexity index is 423. The fraction of sp³-hybridized carbons (Fsp3) is 0.500. The summed E-state index contributed by atoms with van der Waals surface area (Å²) in [4.78, 5) is 18.7. The molecule has 0 N–H and O–H groups in total. The summed E-state index contributed by atoms with van der Waals surface area (Å²) in [6, 6.07) is 4.22. The van der Waals surface area contributed by atoms with Crippen LogP contribution in [0.2, 0.25) is 0 Å². The third kappa shape index (κ3) is 1.71. The van der Waals surface area contributed by atoms with Gasteiger partial charge in [-0.3, -0.25) is 4.98 Å². The van der Waals surface area contributed by atoms with Crippen LogP contribution < -0.4 is 10.0 Å². The molecule has 2 fully saturated rings. The summed E-state index contributed by atoms with van der Waals surface area (Å²) in [5.41, 5.74) is 1.08. The molecule has 0 aromatic carbocycles. The van der Waals surface area contributed by atoms with E-state index in [0.717, 1.165) is 18.7 Å². The van der Waals surface area contributed by atoms with Crippen molar-refractivity contribution in [3.8, 4) is 0 Å². The molecule has 3 rings (SSSR count). The van der Waals surface area contributed by atoms with E-state index in [1.54, 1.807) is 6.20 Å². The first-order chi connectivity index (χ1) is 8.25. The first-order valence-electron chi connectivity index (χ1n) is 5.88. The van der Waals surface area contributed by atoms with Gasteiger partial charge in [-0.25, -0.2) is 0 Å². The SMILES string of the molecule is O=C([O-])N1CC2CCN(c3cccnc3)C2C1. The van der Waals surface area contributed by atoms with Gasteiger partial charge in [0.15, 0.2) is 0 Å². The molecule has 3 heterocycles. The minimum atomic E-state index is -1.05. The molecule has 0 spiro atoms. The number of fused-ring (bicyclic) bond motifs is 1. The minimum Gasteiger partial charge on any atom is -0.530 e. The van der Waals surface area contributed by atoms with E-state index in [9.17, 15) is 9.90 Å². The van der Waals surface area contributed by atoms with Crippen molar-refractivity contribution < 1.29 is 9.90 Å². The Labute approximate surface area is 99.7 Å². The second-order valence-corrected chi connectivity index (χ2v) is 4.69. The van der Waals surface area contributed by atoms with Crippen LogP contribution in [0.5, 0.6) is 0 Å². The lowest BCUT2D eigenvalue weighted by Crippen LogP contribution is -2.42. The van der Waals surface area contributed by atoms with E-state index in [2.05, 4.69) is 9.88 Å². The predicted octanol–water partition coefficient (Wildman–Crippen LogP) is -0.0646. The smallest absolute Gasteiger partial charge is 0.137 e. The fourth-order valence-electron chi connectivity index (χ4n) is 2.95. The highest BCUT2D eigenvalue weighted by Gasteiger charge is 2.41. The van der Waals surface area contributed by atoms with E-state index >= 15 is 0 Å². The zero-order chi connectivity index (χ0) is 11.8. The summed E-state index contributed by atoms with van der Waals surface area (Å²) in [5, 5.41) is 10.9. The van der Waals surface area contributed by atoms with Crippen LogP contribution in [0.1, 0.15) is 6.42 Å². The summed E-state index contributed by atoms with van der Waals surface area (Å²) in [6.45, 7) is 2.16. The summed E-state index contributed by atoms with van der Waals surface area (Å²) in [7, 11) is 0. The monoisotopic (exact) mass is 232 g/mol. The van der Waals surface area contributed by atoms with Gasteiger partial charge in [-0.1, -0.05) is 0 Å². The predicted molar refractivity (Wildman–Crippen MR) is 60.4 cm³/mol. The first-order valence-corrected chi connectivity index (χ1v) is 5.88. The van der Waals surface area contributed by atoms with Gasteiger partial charge < -0.3 is 19.7 Å². The van der Waals surface area contributed by atoms with Crippen molar-refractivity contribution in [2.75, 3.05) is 24.5 Å². The molecule has 2 aliphatic heterocycles. The zero-order valence-corrected chi connectivity index (χ0v) is 9.45. The Hall–Kier alpha value is -1.78. The number of aromatic nitrogens is 1. The number of anilines is 1. The number of amides is 1. The lowest BCUT2D eigenvalue weighted by molar-refractivity contribution is -0.264. The number of pyridine rings is 1. The molecule has 0 radical (unpaired) electrons. The largest absolute Gasteiger partial charge is 0.530 e. The molecule has 2 atom stereocenters. The topological polar surface area (TPSA) is 59.5 Å². The van der Waals surface area contributed by atoms with Crippen LogP contribution >= 0.6 is 0 Å². The molecule has 2 saturated heterocycles. The van der Waals surface area contributed by atoms with Crippen LogP contribution in [0.4, 0.5) is 10.5 Å². The number of hydrogen-bond acceptors (Lipinski definition) is 4. The first kappa shape index (κ1) is 10.4. The van der Waals surface area contributed by atoms with Crippen molar-refractivity contribution in [2.24, 2.45) is 5.92 Å². The molecular weight excluding hydrogens is 218 g/mol. The third-order valence-corrected chi connectivity index (χ3v) is 3.78. The van der Waals surface area contributed by atoms with Crippen molar-refractivity contribution in [3.63, 3.8) is 0 Å². The van der Waals surface area contributed by atoms with E-state index in [-0.39, 0.29) is 6.04 Å². The van der Waals surface area contributed by atoms with Crippen LogP contribution in [0, 0.1) is 5.92 Å². The van der Waals surface area contributed by atoms with Crippen molar-refractivity contribution in [1.29, 1.82) is 0 Å². The second-order valence-electron chi connectivity index (χ2n) is 4.69. The third-order valence-electron chi connectivity index (χ3n) is 3.78. The molecular formula is C12H14N3O2-. The quantitative estimate of drug-likeness (QED) is 0.680. The minimum absolute atomic E-state index is 0.289. The fourth-order valence-corrected chi connectivity index (χ4v) is 2.95. The second kappa shape index (κ2) is 3.91. The number of likely N-dealkylation sites (tertiary alicyclic amines) is 1. The van der Waals surface area contributed by atoms with Gasteiger partial charge in [-0.2, -0.15) is 0 Å². The molecule has 2 unspecified atom stereocenters. The maximum Gasteiger partial charge on any atom is 0.137 e. The van der Waals surface area contributed by atoms with E-state index in [0.29, 0.717) is 19.0 Å². The van der Waals surface area contributed by atoms with Crippen LogP contribution in [-0.2, 0) is 0 Å². The Morgan fingerprint density at radius 2 is 2.35 bits per heavy atom. The molecule has 5 heteroatoms. The van der Waals surface area contributed by atoms with Crippen LogP contribution in [0.15, 0.2) is 24.5 Å². The number of hydrogen-bond donors (Lipinski definition) is 0. The highest BCUT2D eigenvalue weighted by atomic mass is 16.4. The van der Waals surface area contributed by atoms with E-state index in [4.69, 9.17) is 0 Å². The Morgan fingerprint density at radius 3 is 3.06 bits per heavy atom. The van der Waals surface area contributed by atoms with Gasteiger partial charge in [0.2, 0.25) is 0 Å². The molecule has 17 heavy (non-hydrogen) atoms. The number of rotatable bonds is 1. The lowest BCUT2D eigenvalue weighted by Gasteiger charge is -2.27. The van der Waals surface area contributed by atoms with E-state index < -0.39 is 6.09 Å². The van der Waals surface area contributed by atoms with Gasteiger partial charge in [0.1, 0.15) is 6.09 Å². The van der Waals surface area contributed by atoms with Crippen molar-refractivity contribution in [3.05, 3.63) is 24.5 Å². The molecule has 0 saturated carbocycles. The lowest BCUT2D eigenvalue weighted by atomic mass is 10.1. The van der Waals surface area contributed by atoms with E-state index in [1.807, 2.05) is 18.3 Å². The molecule has 1 aromatic heterocycles. The molecule has 1 amide bonds. The summed E-state index contributed by atoms with van der Waals surface area (Å²) < 4.78 is 0. The summed E-state index contributed by atoms with van der Waals surface area (Å²) in [6.07, 6.45) is 3.58. The van der Waals surface area contributed by atoms with Crippen LogP contribution in [0.3, 0.4) is 0 Å². The van der Waals surface area contributed by atoms with E-state index in [1.165, 1.54) is 4.90 Å². The highest BCUT2D eigenvalue weighted by molar-refractivity contribution is 5.63. The van der Waals surface area contributed by atoms with Crippen LogP contribution in [-0.4, -0.2) is 41.7 Å². The number of carbonyl (C=O) groups is 1. The Morgan fingerprint density at radius 1 is 1.47 bits per heavy atom. The zero-order valence-electron chi connectivity index (χ0n) is 9.45. The maximum atomic E-state index is 10.9. The molecule has 90 valence electrons. The molecule has 1 aromatic rings. The van der Waals surface area contributed by atoms with Crippen molar-refractivity contribution >= 4 is 11.8 Å². The van der Waals surface area contributed by atoms with Gasteiger partial charge >= 0.3 is 0 Å². The molecule has 2 aliphatic rings. The Kier molecular flexibility index (Phi) is 2.39. The number of nitrogens with zero attached hydrogens (tertiary/aromatic N) is 3. The summed E-state index contributed by atoms with van der Waals surface area (Å²) >= 11 is 0. The average Bonchev–Trinajstić information content (AvgIpc) is 2.89. The molecule has 0 aliphatic carbocycles. The normalized spacial score (nSPS) is 27.3. The van der Waals surface area contributed by atoms with Crippen molar-refractivity contribution in [1.82, 2.24) is 9.88 Å². The van der Waals surface area contributed by atoms with Gasteiger partial charge in [0, 0.05) is 31.7 Å². The van der Waals surface area contributed by atoms with Gasteiger partial charge in [-0.05, 0) is 18.6 Å². The van der Waals surface area contributed by atoms with Gasteiger partial charge in [-0.15, -0.1) is 0 Å². The van der Waals surface area contributed by atoms with Gasteiger partial charge in [0.25, 0.3) is 0 Å². The molecule has 0 bridgehead atoms. The number of carboxylic acid groups (broad SMARTS) is 1. The maximum absolute atomic E-state index is 10.9. The standard InChI is InChI=1S/C12H15N3O2/c16-12(17)14-7-9-3-5-15(11(9)8-14)10-2-1-4-13-6-10/h1-2,4,6,9,11H,3,5,7-8H2,(H,16,17)/p-1. The van der Waals surface area contributed by atoms with Crippen molar-refractivity contribution in [2.45, 2.75) is 12.5 Å². The average molecular weight is 232 g/mol. The Balaban J connectivity index is 1.79. The van der Waals surface area contributed by atoms with Crippen LogP contribution in [0.25, 0.3) is 0 Å². The molecule has 5 nitrogen and oxygen atoms in total. The highest BCUT2D eigenvalue weighted by Crippen LogP contribution is 2.34. The van der Waals surface area contributed by atoms with Gasteiger partial charge in [0.05, 0.1) is 17.9 Å². The number of carbonyl (C=O) groups excluding carboxylic acids is 1.